The van der Waals surface area contributed by atoms with E-state index in [-0.39, 0.29) is 68.5 Å². The number of amides is 1. The van der Waals surface area contributed by atoms with E-state index in [1.807, 2.05) is 0 Å². The van der Waals surface area contributed by atoms with E-state index >= 15 is 0 Å². The number of aromatic nitrogens is 8. The van der Waals surface area contributed by atoms with Gasteiger partial charge in [-0.15, -0.1) is 0 Å². The Kier molecular flexibility index (Phi) is 10.7. The third-order valence-corrected chi connectivity index (χ3v) is 11.6. The molecule has 0 spiro atoms. The van der Waals surface area contributed by atoms with Crippen molar-refractivity contribution in [1.82, 2.24) is 39.0 Å². The monoisotopic (exact) mass is 754 g/mol. The summed E-state index contributed by atoms with van der Waals surface area (Å²) in [5.74, 6) is -1.00. The average Bonchev–Trinajstić information content (AvgIpc) is 3.72. The Balaban J connectivity index is 1.38. The SMILES string of the molecule is [C-]#[N+]CCOP1(=S)OCCn2c(nc3cncnc32)COP(O)(=S)O[C@@H]2[C@H](C)[C@@H](CO1)O[C@H]2n1cnc2c(=O)[nH]c(NC(=O)C(C)C)nc21. The second-order valence-corrected chi connectivity index (χ2v) is 17.1. The van der Waals surface area contributed by atoms with Crippen molar-refractivity contribution in [3.05, 3.63) is 46.4 Å². The van der Waals surface area contributed by atoms with Crippen molar-refractivity contribution in [2.45, 2.75) is 52.4 Å². The van der Waals surface area contributed by atoms with E-state index in [2.05, 4.69) is 40.1 Å². The van der Waals surface area contributed by atoms with E-state index in [4.69, 9.17) is 57.5 Å². The molecule has 0 aromatic carbocycles. The molecule has 262 valence electrons. The zero-order valence-corrected chi connectivity index (χ0v) is 29.8. The zero-order chi connectivity index (χ0) is 34.9. The molecule has 1 fully saturated rings. The summed E-state index contributed by atoms with van der Waals surface area (Å²) >= 11 is 11.2. The topological polar surface area (TPSA) is 216 Å². The molecule has 49 heavy (non-hydrogen) atoms. The largest absolute Gasteiger partial charge is 0.349 e. The molecule has 1 amide bonds. The molecule has 23 heteroatoms. The van der Waals surface area contributed by atoms with E-state index in [1.54, 1.807) is 25.3 Å². The number of hydrogen-bond acceptors (Lipinski definition) is 15. The predicted octanol–water partition coefficient (Wildman–Crippen LogP) is 2.41. The van der Waals surface area contributed by atoms with Crippen LogP contribution < -0.4 is 10.9 Å². The van der Waals surface area contributed by atoms with E-state index < -0.39 is 43.4 Å². The Morgan fingerprint density at radius 3 is 2.86 bits per heavy atom. The number of hydrogen-bond donors (Lipinski definition) is 3. The van der Waals surface area contributed by atoms with Gasteiger partial charge in [0, 0.05) is 18.4 Å². The van der Waals surface area contributed by atoms with Gasteiger partial charge in [0.25, 0.3) is 5.56 Å². The van der Waals surface area contributed by atoms with Crippen molar-refractivity contribution in [3.8, 4) is 0 Å². The number of carbonyl (C=O) groups excluding carboxylic acids is 1. The van der Waals surface area contributed by atoms with Crippen LogP contribution in [0.2, 0.25) is 0 Å². The standard InChI is InChI=1S/C26H32N10O9P2S2/c1-14(2)23(37)33-26-32-22-19(24(38)34-26)30-13-36(22)25-20-15(3)17(44-25)10-43-47(49,40-7-5-27-4)41-8-6-35-18(11-42-46(39,48)45-20)31-16-9-28-12-29-21(16)35/h9,12-15,17,20,25H,5-8,10-11H2,1-3H3,(H,39,48)(H2,32,33,34,37,38)/t15-,17-,20-,25-,46?,47?/m1/s1. The van der Waals surface area contributed by atoms with Crippen molar-refractivity contribution in [3.63, 3.8) is 0 Å². The fourth-order valence-electron chi connectivity index (χ4n) is 5.16. The third kappa shape index (κ3) is 7.80. The van der Waals surface area contributed by atoms with Crippen molar-refractivity contribution in [2.75, 3.05) is 31.7 Å². The number of fused-ring (bicyclic) bond motifs is 6. The molecule has 6 rings (SSSR count). The molecule has 2 bridgehead atoms. The lowest BCUT2D eigenvalue weighted by atomic mass is 10.0. The van der Waals surface area contributed by atoms with Crippen LogP contribution in [0.25, 0.3) is 27.2 Å². The summed E-state index contributed by atoms with van der Waals surface area (Å²) < 4.78 is 39.5. The van der Waals surface area contributed by atoms with Crippen LogP contribution in [0, 0.1) is 18.4 Å². The Labute approximate surface area is 289 Å². The Bertz CT molecular complexity index is 2070. The molecule has 3 N–H and O–H groups in total. The van der Waals surface area contributed by atoms with Gasteiger partial charge in [-0.3, -0.25) is 24.5 Å². The number of aromatic amines is 1. The molecular weight excluding hydrogens is 722 g/mol. The van der Waals surface area contributed by atoms with Gasteiger partial charge in [-0.2, -0.15) is 4.98 Å². The normalized spacial score (nSPS) is 28.2. The number of anilines is 1. The first-order valence-electron chi connectivity index (χ1n) is 15.0. The highest BCUT2D eigenvalue weighted by atomic mass is 32.5. The van der Waals surface area contributed by atoms with Gasteiger partial charge in [-0.25, -0.2) is 26.5 Å². The van der Waals surface area contributed by atoms with Gasteiger partial charge in [0.15, 0.2) is 23.0 Å². The first kappa shape index (κ1) is 35.7. The summed E-state index contributed by atoms with van der Waals surface area (Å²) in [4.78, 5) is 64.1. The number of nitrogens with one attached hydrogen (secondary N) is 2. The lowest BCUT2D eigenvalue weighted by molar-refractivity contribution is -0.118. The lowest BCUT2D eigenvalue weighted by Crippen LogP contribution is -2.29. The maximum atomic E-state index is 12.9. The van der Waals surface area contributed by atoms with Gasteiger partial charge in [0.2, 0.25) is 18.4 Å². The highest BCUT2D eigenvalue weighted by molar-refractivity contribution is 8.07. The van der Waals surface area contributed by atoms with Crippen molar-refractivity contribution in [2.24, 2.45) is 11.8 Å². The number of rotatable bonds is 6. The molecule has 4 aromatic heterocycles. The molecule has 19 nitrogen and oxygen atoms in total. The van der Waals surface area contributed by atoms with E-state index in [0.29, 0.717) is 17.0 Å². The van der Waals surface area contributed by atoms with Gasteiger partial charge in [0.1, 0.15) is 37.0 Å². The van der Waals surface area contributed by atoms with Crippen molar-refractivity contribution >= 4 is 71.2 Å². The minimum Gasteiger partial charge on any atom is -0.349 e. The fourth-order valence-corrected chi connectivity index (χ4v) is 8.35. The summed E-state index contributed by atoms with van der Waals surface area (Å²) in [7, 11) is 0. The number of carbonyl (C=O) groups is 1. The Morgan fingerprint density at radius 1 is 1.27 bits per heavy atom. The summed E-state index contributed by atoms with van der Waals surface area (Å²) in [6.07, 6.45) is 1.45. The first-order valence-corrected chi connectivity index (χ1v) is 20.1. The van der Waals surface area contributed by atoms with Crippen LogP contribution in [0.15, 0.2) is 23.6 Å². The molecule has 0 aliphatic carbocycles. The molecule has 0 radical (unpaired) electrons. The molecule has 1 saturated heterocycles. The molecule has 4 aromatic rings. The van der Waals surface area contributed by atoms with Crippen LogP contribution in [0.5, 0.6) is 0 Å². The molecule has 0 saturated carbocycles. The van der Waals surface area contributed by atoms with Crippen LogP contribution in [-0.4, -0.2) is 88.4 Å². The van der Waals surface area contributed by atoms with Gasteiger partial charge in [0.05, 0.1) is 31.8 Å². The summed E-state index contributed by atoms with van der Waals surface area (Å²) in [6.45, 7) is 4.75. The van der Waals surface area contributed by atoms with Crippen LogP contribution in [-0.2, 0) is 68.9 Å². The lowest BCUT2D eigenvalue weighted by Gasteiger charge is -2.26. The smallest absolute Gasteiger partial charge is 0.327 e. The second kappa shape index (κ2) is 14.6. The molecule has 2 aliphatic rings. The summed E-state index contributed by atoms with van der Waals surface area (Å²) in [5.41, 5.74) is 0.396. The molecule has 6 heterocycles. The van der Waals surface area contributed by atoms with E-state index in [0.717, 1.165) is 0 Å². The fraction of sp³-hybridized carbons (Fsp3) is 0.538. The number of imidazole rings is 2. The molecule has 2 aliphatic heterocycles. The summed E-state index contributed by atoms with van der Waals surface area (Å²) in [6, 6.07) is 0. The van der Waals surface area contributed by atoms with E-state index in [1.165, 1.54) is 23.4 Å². The second-order valence-electron chi connectivity index (χ2n) is 11.3. The van der Waals surface area contributed by atoms with Crippen LogP contribution in [0.4, 0.5) is 5.95 Å². The minimum atomic E-state index is -4.00. The van der Waals surface area contributed by atoms with Crippen molar-refractivity contribution in [1.29, 1.82) is 0 Å². The predicted molar refractivity (Wildman–Crippen MR) is 180 cm³/mol. The third-order valence-electron chi connectivity index (χ3n) is 7.69. The van der Waals surface area contributed by atoms with Crippen LogP contribution >= 0.6 is 13.4 Å². The number of nitrogens with zero attached hydrogens (tertiary/aromatic N) is 8. The van der Waals surface area contributed by atoms with Gasteiger partial charge >= 0.3 is 13.4 Å². The van der Waals surface area contributed by atoms with Gasteiger partial charge < -0.3 is 41.7 Å². The van der Waals surface area contributed by atoms with Crippen LogP contribution in [0.3, 0.4) is 0 Å². The maximum Gasteiger partial charge on any atom is 0.327 e. The van der Waals surface area contributed by atoms with Gasteiger partial charge in [-0.05, 0) is 23.6 Å². The van der Waals surface area contributed by atoms with E-state index in [9.17, 15) is 14.5 Å². The molecule has 2 unspecified atom stereocenters. The van der Waals surface area contributed by atoms with Crippen LogP contribution in [0.1, 0.15) is 32.8 Å². The molecule has 6 atom stereocenters. The summed E-state index contributed by atoms with van der Waals surface area (Å²) in [5, 5.41) is 2.58. The number of ether oxygens (including phenoxy) is 1. The number of H-pyrrole nitrogens is 1. The highest BCUT2D eigenvalue weighted by Gasteiger charge is 2.48. The zero-order valence-electron chi connectivity index (χ0n) is 26.4. The van der Waals surface area contributed by atoms with Crippen molar-refractivity contribution < 1.29 is 37.0 Å². The Hall–Kier alpha value is -3.12. The quantitative estimate of drug-likeness (QED) is 0.146. The molecular formula is C26H32N10O9P2S2. The Morgan fingerprint density at radius 2 is 2.08 bits per heavy atom. The van der Waals surface area contributed by atoms with Gasteiger partial charge in [-0.1, -0.05) is 20.8 Å². The average molecular weight is 755 g/mol. The highest BCUT2D eigenvalue weighted by Crippen LogP contribution is 2.54. The minimum absolute atomic E-state index is 0.0130. The maximum absolute atomic E-state index is 12.9. The first-order chi connectivity index (χ1) is 23.4.